The number of rotatable bonds is 5. The summed E-state index contributed by atoms with van der Waals surface area (Å²) in [7, 11) is 2.86. The summed E-state index contributed by atoms with van der Waals surface area (Å²) in [5.41, 5.74) is 1.21. The van der Waals surface area contributed by atoms with Crippen molar-refractivity contribution in [2.75, 3.05) is 14.2 Å². The molecule has 0 radical (unpaired) electrons. The van der Waals surface area contributed by atoms with E-state index in [1.54, 1.807) is 36.4 Å². The lowest BCUT2D eigenvalue weighted by atomic mass is 10.1. The van der Waals surface area contributed by atoms with E-state index in [1.807, 2.05) is 0 Å². The molecular weight excluding hydrogens is 327 g/mol. The zero-order chi connectivity index (χ0) is 16.1. The average molecular weight is 341 g/mol. The summed E-state index contributed by atoms with van der Waals surface area (Å²) in [6.45, 7) is 0.266. The molecule has 22 heavy (non-hydrogen) atoms. The van der Waals surface area contributed by atoms with E-state index in [9.17, 15) is 4.79 Å². The summed E-state index contributed by atoms with van der Waals surface area (Å²) in [4.78, 5) is 11.5. The van der Waals surface area contributed by atoms with Gasteiger partial charge in [0.05, 0.1) is 29.8 Å². The van der Waals surface area contributed by atoms with Gasteiger partial charge in [0.1, 0.15) is 18.1 Å². The summed E-state index contributed by atoms with van der Waals surface area (Å²) >= 11 is 11.8. The molecular formula is C16H14Cl2O4. The van der Waals surface area contributed by atoms with Crippen LogP contribution in [0.1, 0.15) is 15.9 Å². The molecule has 4 nitrogen and oxygen atoms in total. The molecule has 0 fully saturated rings. The lowest BCUT2D eigenvalue weighted by Crippen LogP contribution is -2.04. The van der Waals surface area contributed by atoms with Crippen LogP contribution < -0.4 is 9.47 Å². The molecule has 0 unspecified atom stereocenters. The van der Waals surface area contributed by atoms with Gasteiger partial charge in [0.25, 0.3) is 0 Å². The van der Waals surface area contributed by atoms with E-state index in [0.29, 0.717) is 27.1 Å². The minimum absolute atomic E-state index is 0.266. The van der Waals surface area contributed by atoms with Gasteiger partial charge in [0.15, 0.2) is 0 Å². The van der Waals surface area contributed by atoms with Crippen LogP contribution in [-0.4, -0.2) is 20.2 Å². The van der Waals surface area contributed by atoms with E-state index in [2.05, 4.69) is 4.74 Å². The third-order valence-electron chi connectivity index (χ3n) is 2.99. The summed E-state index contributed by atoms with van der Waals surface area (Å²) < 4.78 is 15.6. The van der Waals surface area contributed by atoms with E-state index >= 15 is 0 Å². The molecule has 0 bridgehead atoms. The molecule has 0 aromatic heterocycles. The Labute approximate surface area is 138 Å². The minimum atomic E-state index is -0.421. The molecule has 0 atom stereocenters. The van der Waals surface area contributed by atoms with Crippen LogP contribution in [0.25, 0.3) is 0 Å². The van der Waals surface area contributed by atoms with Gasteiger partial charge in [0.2, 0.25) is 0 Å². The zero-order valence-electron chi connectivity index (χ0n) is 12.1. The highest BCUT2D eigenvalue weighted by Gasteiger charge is 2.11. The van der Waals surface area contributed by atoms with E-state index in [-0.39, 0.29) is 6.61 Å². The largest absolute Gasteiger partial charge is 0.496 e. The lowest BCUT2D eigenvalue weighted by molar-refractivity contribution is 0.0600. The van der Waals surface area contributed by atoms with Crippen molar-refractivity contribution in [2.24, 2.45) is 0 Å². The van der Waals surface area contributed by atoms with Crippen LogP contribution in [0.15, 0.2) is 36.4 Å². The van der Waals surface area contributed by atoms with Gasteiger partial charge < -0.3 is 14.2 Å². The molecule has 0 N–H and O–H groups in total. The predicted molar refractivity (Wildman–Crippen MR) is 85.1 cm³/mol. The van der Waals surface area contributed by atoms with Crippen molar-refractivity contribution in [1.29, 1.82) is 0 Å². The Kier molecular flexibility index (Phi) is 5.52. The Morgan fingerprint density at radius 3 is 2.45 bits per heavy atom. The Morgan fingerprint density at radius 1 is 1.05 bits per heavy atom. The summed E-state index contributed by atoms with van der Waals surface area (Å²) in [6, 6.07) is 10.0. The fourth-order valence-corrected chi connectivity index (χ4v) is 2.12. The van der Waals surface area contributed by atoms with Gasteiger partial charge in [-0.1, -0.05) is 29.3 Å². The number of hydrogen-bond donors (Lipinski definition) is 0. The van der Waals surface area contributed by atoms with Gasteiger partial charge in [-0.3, -0.25) is 0 Å². The smallest absolute Gasteiger partial charge is 0.337 e. The summed E-state index contributed by atoms with van der Waals surface area (Å²) in [5, 5.41) is 0.890. The highest BCUT2D eigenvalue weighted by atomic mass is 35.5. The molecule has 2 aromatic rings. The number of esters is 1. The zero-order valence-corrected chi connectivity index (χ0v) is 13.6. The van der Waals surface area contributed by atoms with Crippen molar-refractivity contribution in [3.05, 3.63) is 57.6 Å². The van der Waals surface area contributed by atoms with Crippen LogP contribution in [-0.2, 0) is 11.3 Å². The van der Waals surface area contributed by atoms with Crippen LogP contribution >= 0.6 is 23.2 Å². The molecule has 2 rings (SSSR count). The van der Waals surface area contributed by atoms with E-state index < -0.39 is 5.97 Å². The molecule has 0 aliphatic carbocycles. The monoisotopic (exact) mass is 340 g/mol. The maximum atomic E-state index is 11.5. The topological polar surface area (TPSA) is 44.8 Å². The molecule has 0 heterocycles. The first-order chi connectivity index (χ1) is 10.5. The van der Waals surface area contributed by atoms with E-state index in [0.717, 1.165) is 5.56 Å². The third-order valence-corrected chi connectivity index (χ3v) is 3.73. The normalized spacial score (nSPS) is 10.2. The van der Waals surface area contributed by atoms with Crippen molar-refractivity contribution >= 4 is 29.2 Å². The molecule has 6 heteroatoms. The van der Waals surface area contributed by atoms with Crippen molar-refractivity contribution in [3.63, 3.8) is 0 Å². The second-order valence-electron chi connectivity index (χ2n) is 4.38. The van der Waals surface area contributed by atoms with E-state index in [1.165, 1.54) is 14.2 Å². The number of benzene rings is 2. The van der Waals surface area contributed by atoms with Gasteiger partial charge in [0, 0.05) is 11.6 Å². The fraction of sp³-hybridized carbons (Fsp3) is 0.188. The van der Waals surface area contributed by atoms with Crippen molar-refractivity contribution in [2.45, 2.75) is 6.61 Å². The van der Waals surface area contributed by atoms with Gasteiger partial charge in [-0.05, 0) is 24.3 Å². The van der Waals surface area contributed by atoms with Gasteiger partial charge in [-0.2, -0.15) is 0 Å². The van der Waals surface area contributed by atoms with Crippen LogP contribution in [0, 0.1) is 0 Å². The first-order valence-electron chi connectivity index (χ1n) is 6.38. The number of hydrogen-bond acceptors (Lipinski definition) is 4. The molecule has 0 aliphatic rings. The second-order valence-corrected chi connectivity index (χ2v) is 5.20. The third kappa shape index (κ3) is 3.84. The van der Waals surface area contributed by atoms with Gasteiger partial charge >= 0.3 is 5.97 Å². The summed E-state index contributed by atoms with van der Waals surface area (Å²) in [5.74, 6) is 0.715. The Balaban J connectivity index is 2.15. The van der Waals surface area contributed by atoms with Gasteiger partial charge in [-0.25, -0.2) is 4.79 Å². The first kappa shape index (κ1) is 16.5. The summed E-state index contributed by atoms with van der Waals surface area (Å²) in [6.07, 6.45) is 0. The predicted octanol–water partition coefficient (Wildman–Crippen LogP) is 4.37. The maximum Gasteiger partial charge on any atom is 0.337 e. The maximum absolute atomic E-state index is 11.5. The quantitative estimate of drug-likeness (QED) is 0.758. The van der Waals surface area contributed by atoms with Crippen LogP contribution in [0.3, 0.4) is 0 Å². The van der Waals surface area contributed by atoms with Crippen LogP contribution in [0.5, 0.6) is 11.5 Å². The van der Waals surface area contributed by atoms with Crippen LogP contribution in [0.2, 0.25) is 10.0 Å². The lowest BCUT2D eigenvalue weighted by Gasteiger charge is -2.12. The molecule has 0 spiro atoms. The SMILES string of the molecule is COC(=O)c1ccc(COc2ccc(Cl)c(Cl)c2)c(OC)c1. The van der Waals surface area contributed by atoms with Crippen molar-refractivity contribution in [3.8, 4) is 11.5 Å². The number of carbonyl (C=O) groups is 1. The Hall–Kier alpha value is -1.91. The van der Waals surface area contributed by atoms with Crippen molar-refractivity contribution in [1.82, 2.24) is 0 Å². The molecule has 0 saturated carbocycles. The molecule has 2 aromatic carbocycles. The standard InChI is InChI=1S/C16H14Cl2O4/c1-20-15-7-10(16(19)21-2)3-4-11(15)9-22-12-5-6-13(17)14(18)8-12/h3-8H,9H2,1-2H3. The highest BCUT2D eigenvalue weighted by Crippen LogP contribution is 2.28. The molecule has 0 amide bonds. The number of ether oxygens (including phenoxy) is 3. The Morgan fingerprint density at radius 2 is 1.82 bits per heavy atom. The van der Waals surface area contributed by atoms with Crippen molar-refractivity contribution < 1.29 is 19.0 Å². The molecule has 0 aliphatic heterocycles. The number of halogens is 2. The first-order valence-corrected chi connectivity index (χ1v) is 7.14. The van der Waals surface area contributed by atoms with Gasteiger partial charge in [-0.15, -0.1) is 0 Å². The van der Waals surface area contributed by atoms with Crippen LogP contribution in [0.4, 0.5) is 0 Å². The van der Waals surface area contributed by atoms with E-state index in [4.69, 9.17) is 32.7 Å². The number of carbonyl (C=O) groups excluding carboxylic acids is 1. The molecule has 0 saturated heterocycles. The average Bonchev–Trinajstić information content (AvgIpc) is 2.55. The minimum Gasteiger partial charge on any atom is -0.496 e. The fourth-order valence-electron chi connectivity index (χ4n) is 1.84. The molecule has 116 valence electrons. The highest BCUT2D eigenvalue weighted by molar-refractivity contribution is 6.42. The Bertz CT molecular complexity index is 686. The second kappa shape index (κ2) is 7.38. The number of methoxy groups -OCH3 is 2.